The van der Waals surface area contributed by atoms with Crippen LogP contribution in [0.3, 0.4) is 0 Å². The smallest absolute Gasteiger partial charge is 0.251 e. The number of benzene rings is 3. The number of aromatic amines is 1. The molecule has 3 heterocycles. The van der Waals surface area contributed by atoms with E-state index < -0.39 is 0 Å². The molecule has 7 nitrogen and oxygen atoms in total. The van der Waals surface area contributed by atoms with E-state index in [1.807, 2.05) is 36.4 Å². The fourth-order valence-electron chi connectivity index (χ4n) is 6.27. The summed E-state index contributed by atoms with van der Waals surface area (Å²) in [6, 6.07) is 24.6. The van der Waals surface area contributed by atoms with E-state index in [1.54, 1.807) is 0 Å². The molecule has 2 saturated heterocycles. The summed E-state index contributed by atoms with van der Waals surface area (Å²) >= 11 is 0. The SMILES string of the molecule is CC(C)(C)C[C@H](NC(=O)c1ccc2[nH]nc(-c3ccc(N4C5COCC4CC(O)C5)cc3)c2c1)c1ccccc1. The second-order valence-corrected chi connectivity index (χ2v) is 12.5. The topological polar surface area (TPSA) is 90.5 Å². The first-order valence-electron chi connectivity index (χ1n) is 14.2. The highest BCUT2D eigenvalue weighted by atomic mass is 16.5. The summed E-state index contributed by atoms with van der Waals surface area (Å²) in [5.41, 5.74) is 5.61. The number of amides is 1. The number of nitrogens with one attached hydrogen (secondary N) is 2. The fourth-order valence-corrected chi connectivity index (χ4v) is 6.27. The first-order valence-corrected chi connectivity index (χ1v) is 14.2. The highest BCUT2D eigenvalue weighted by molar-refractivity contribution is 6.01. The van der Waals surface area contributed by atoms with E-state index in [0.717, 1.165) is 52.7 Å². The van der Waals surface area contributed by atoms with Gasteiger partial charge in [-0.3, -0.25) is 9.89 Å². The van der Waals surface area contributed by atoms with E-state index >= 15 is 0 Å². The quantitative estimate of drug-likeness (QED) is 0.286. The molecule has 7 heteroatoms. The molecule has 3 atom stereocenters. The summed E-state index contributed by atoms with van der Waals surface area (Å²) < 4.78 is 5.77. The fraction of sp³-hybridized carbons (Fsp3) is 0.394. The number of aliphatic hydroxyl groups is 1. The van der Waals surface area contributed by atoms with Crippen LogP contribution in [0.15, 0.2) is 72.8 Å². The largest absolute Gasteiger partial charge is 0.393 e. The summed E-state index contributed by atoms with van der Waals surface area (Å²) in [6.07, 6.45) is 2.03. The minimum Gasteiger partial charge on any atom is -0.393 e. The number of hydrogen-bond acceptors (Lipinski definition) is 5. The van der Waals surface area contributed by atoms with Crippen LogP contribution < -0.4 is 10.2 Å². The molecule has 0 saturated carbocycles. The zero-order valence-electron chi connectivity index (χ0n) is 23.4. The molecule has 6 rings (SSSR count). The van der Waals surface area contributed by atoms with Gasteiger partial charge in [0.15, 0.2) is 0 Å². The van der Waals surface area contributed by atoms with Crippen molar-refractivity contribution in [2.45, 2.75) is 64.3 Å². The van der Waals surface area contributed by atoms with Crippen LogP contribution in [0.5, 0.6) is 0 Å². The number of anilines is 1. The van der Waals surface area contributed by atoms with Gasteiger partial charge in [-0.2, -0.15) is 5.10 Å². The van der Waals surface area contributed by atoms with E-state index in [-0.39, 0.29) is 35.6 Å². The number of morpholine rings is 1. The van der Waals surface area contributed by atoms with Gasteiger partial charge in [0.2, 0.25) is 0 Å². The van der Waals surface area contributed by atoms with Crippen molar-refractivity contribution in [3.63, 3.8) is 0 Å². The van der Waals surface area contributed by atoms with E-state index in [4.69, 9.17) is 4.74 Å². The third-order valence-corrected chi connectivity index (χ3v) is 8.08. The van der Waals surface area contributed by atoms with Crippen LogP contribution in [0.25, 0.3) is 22.2 Å². The summed E-state index contributed by atoms with van der Waals surface area (Å²) in [6.45, 7) is 7.87. The van der Waals surface area contributed by atoms with E-state index in [2.05, 4.69) is 77.6 Å². The monoisotopic (exact) mass is 538 g/mol. The molecule has 2 fully saturated rings. The van der Waals surface area contributed by atoms with Crippen LogP contribution in [0.4, 0.5) is 5.69 Å². The number of hydrogen-bond donors (Lipinski definition) is 3. The highest BCUT2D eigenvalue weighted by Crippen LogP contribution is 2.35. The maximum atomic E-state index is 13.5. The second-order valence-electron chi connectivity index (χ2n) is 12.5. The van der Waals surface area contributed by atoms with Crippen molar-refractivity contribution in [2.24, 2.45) is 5.41 Å². The molecule has 0 aliphatic carbocycles. The lowest BCUT2D eigenvalue weighted by atomic mass is 9.85. The Bertz CT molecular complexity index is 1460. The molecule has 208 valence electrons. The van der Waals surface area contributed by atoms with Crippen LogP contribution >= 0.6 is 0 Å². The molecule has 2 bridgehead atoms. The third-order valence-electron chi connectivity index (χ3n) is 8.08. The first kappa shape index (κ1) is 26.5. The van der Waals surface area contributed by atoms with Crippen molar-refractivity contribution in [1.82, 2.24) is 15.5 Å². The normalized spacial score (nSPS) is 21.8. The van der Waals surface area contributed by atoms with E-state index in [0.29, 0.717) is 18.8 Å². The van der Waals surface area contributed by atoms with E-state index in [1.165, 1.54) is 0 Å². The number of piperidine rings is 1. The average Bonchev–Trinajstić information content (AvgIpc) is 3.35. The Balaban J connectivity index is 1.25. The lowest BCUT2D eigenvalue weighted by molar-refractivity contribution is 0.00124. The summed E-state index contributed by atoms with van der Waals surface area (Å²) in [7, 11) is 0. The Morgan fingerprint density at radius 2 is 1.75 bits per heavy atom. The summed E-state index contributed by atoms with van der Waals surface area (Å²) in [4.78, 5) is 15.9. The Hall–Kier alpha value is -3.68. The van der Waals surface area contributed by atoms with Crippen molar-refractivity contribution in [2.75, 3.05) is 18.1 Å². The van der Waals surface area contributed by atoms with Gasteiger partial charge in [-0.25, -0.2) is 0 Å². The number of nitrogens with zero attached hydrogens (tertiary/aromatic N) is 2. The predicted octanol–water partition coefficient (Wildman–Crippen LogP) is 5.87. The molecular formula is C33H38N4O3. The van der Waals surface area contributed by atoms with E-state index in [9.17, 15) is 9.90 Å². The number of aliphatic hydroxyl groups excluding tert-OH is 1. The number of carbonyl (C=O) groups is 1. The highest BCUT2D eigenvalue weighted by Gasteiger charge is 2.38. The van der Waals surface area contributed by atoms with Gasteiger partial charge in [-0.05, 0) is 60.6 Å². The summed E-state index contributed by atoms with van der Waals surface area (Å²) in [5, 5.41) is 22.2. The summed E-state index contributed by atoms with van der Waals surface area (Å²) in [5.74, 6) is -0.0939. The van der Waals surface area contributed by atoms with Crippen LogP contribution in [0.1, 0.15) is 62.0 Å². The number of carbonyl (C=O) groups excluding carboxylic acids is 1. The van der Waals surface area contributed by atoms with Crippen molar-refractivity contribution in [3.8, 4) is 11.3 Å². The van der Waals surface area contributed by atoms with Crippen LogP contribution in [0, 0.1) is 5.41 Å². The predicted molar refractivity (Wildman–Crippen MR) is 158 cm³/mol. The van der Waals surface area contributed by atoms with Crippen molar-refractivity contribution < 1.29 is 14.6 Å². The van der Waals surface area contributed by atoms with Crippen LogP contribution in [-0.4, -0.2) is 52.6 Å². The third kappa shape index (κ3) is 5.49. The van der Waals surface area contributed by atoms with Gasteiger partial charge in [-0.15, -0.1) is 0 Å². The van der Waals surface area contributed by atoms with Crippen molar-refractivity contribution >= 4 is 22.5 Å². The molecule has 3 N–H and O–H groups in total. The molecule has 0 spiro atoms. The lowest BCUT2D eigenvalue weighted by Gasteiger charge is -2.48. The zero-order chi connectivity index (χ0) is 27.9. The second kappa shape index (κ2) is 10.7. The minimum absolute atomic E-state index is 0.0569. The van der Waals surface area contributed by atoms with Crippen LogP contribution in [-0.2, 0) is 4.74 Å². The first-order chi connectivity index (χ1) is 19.2. The van der Waals surface area contributed by atoms with Crippen LogP contribution in [0.2, 0.25) is 0 Å². The van der Waals surface area contributed by atoms with Gasteiger partial charge in [0.25, 0.3) is 5.91 Å². The van der Waals surface area contributed by atoms with Gasteiger partial charge in [0, 0.05) is 22.2 Å². The molecule has 3 aromatic carbocycles. The number of ether oxygens (including phenoxy) is 1. The zero-order valence-corrected chi connectivity index (χ0v) is 23.4. The Kier molecular flexibility index (Phi) is 7.11. The molecule has 2 aliphatic rings. The molecule has 0 radical (unpaired) electrons. The molecule has 1 amide bonds. The van der Waals surface area contributed by atoms with Gasteiger partial charge < -0.3 is 20.1 Å². The van der Waals surface area contributed by atoms with Crippen molar-refractivity contribution in [1.29, 1.82) is 0 Å². The molecule has 40 heavy (non-hydrogen) atoms. The van der Waals surface area contributed by atoms with Gasteiger partial charge in [0.1, 0.15) is 0 Å². The maximum absolute atomic E-state index is 13.5. The molecule has 2 aliphatic heterocycles. The number of aromatic nitrogens is 2. The molecule has 4 aromatic rings. The number of H-pyrrole nitrogens is 1. The minimum atomic E-state index is -0.257. The maximum Gasteiger partial charge on any atom is 0.251 e. The van der Waals surface area contributed by atoms with Gasteiger partial charge >= 0.3 is 0 Å². The number of rotatable bonds is 6. The Morgan fingerprint density at radius 3 is 2.42 bits per heavy atom. The molecule has 1 aromatic heterocycles. The lowest BCUT2D eigenvalue weighted by Crippen LogP contribution is -2.58. The molecule has 2 unspecified atom stereocenters. The van der Waals surface area contributed by atoms with Gasteiger partial charge in [-0.1, -0.05) is 63.2 Å². The standard InChI is InChI=1S/C33H38N4O3/c1-33(2,3)18-30(21-7-5-4-6-8-21)34-32(39)23-11-14-29-28(15-23)31(36-35-29)22-9-12-24(13-10-22)37-25-16-27(38)17-26(37)20-40-19-25/h4-15,25-27,30,38H,16-20H2,1-3H3,(H,34,39)(H,35,36)/t25?,26?,27?,30-/m0/s1. The average molecular weight is 539 g/mol. The Labute approximate surface area is 235 Å². The van der Waals surface area contributed by atoms with Crippen molar-refractivity contribution in [3.05, 3.63) is 83.9 Å². The number of fused-ring (bicyclic) bond motifs is 3. The Morgan fingerprint density at radius 1 is 1.05 bits per heavy atom. The van der Waals surface area contributed by atoms with Gasteiger partial charge in [0.05, 0.1) is 48.7 Å². The molecular weight excluding hydrogens is 500 g/mol.